The van der Waals surface area contributed by atoms with Gasteiger partial charge in [-0.15, -0.1) is 0 Å². The van der Waals surface area contributed by atoms with Crippen LogP contribution in [0.2, 0.25) is 0 Å². The molecule has 0 aliphatic carbocycles. The van der Waals surface area contributed by atoms with Gasteiger partial charge in [-0.2, -0.15) is 0 Å². The lowest BCUT2D eigenvalue weighted by Crippen LogP contribution is -2.44. The van der Waals surface area contributed by atoms with Gasteiger partial charge in [-0.05, 0) is 203 Å². The minimum Gasteiger partial charge on any atom is -0.394 e. The minimum absolute atomic E-state index is 0.00757. The summed E-state index contributed by atoms with van der Waals surface area (Å²) in [5.74, 6) is -6.62. The lowest BCUT2D eigenvalue weighted by molar-refractivity contribution is -0.119. The zero-order valence-electron chi connectivity index (χ0n) is 45.7. The van der Waals surface area contributed by atoms with Crippen LogP contribution in [0, 0.1) is 32.1 Å². The van der Waals surface area contributed by atoms with Gasteiger partial charge in [0.15, 0.2) is 0 Å². The Bertz CT molecular complexity index is 2950. The van der Waals surface area contributed by atoms with Crippen molar-refractivity contribution in [2.75, 3.05) is 143 Å². The van der Waals surface area contributed by atoms with Gasteiger partial charge in [-0.1, -0.05) is 0 Å². The Morgan fingerprint density at radius 2 is 0.605 bits per heavy atom. The highest BCUT2D eigenvalue weighted by Gasteiger charge is 2.35. The molecular weight excluding hydrogens is 2160 g/mol. The Labute approximate surface area is 615 Å². The number of aliphatic hydroxyl groups excluding tert-OH is 9. The van der Waals surface area contributed by atoms with E-state index in [1.165, 1.54) is 42.9 Å². The van der Waals surface area contributed by atoms with Crippen LogP contribution < -0.4 is 26.6 Å². The summed E-state index contributed by atoms with van der Waals surface area (Å²) >= 11 is 16.5. The van der Waals surface area contributed by atoms with E-state index < -0.39 is 111 Å². The van der Waals surface area contributed by atoms with E-state index in [9.17, 15) is 89.1 Å². The third-order valence-corrected chi connectivity index (χ3v) is 21.9. The van der Waals surface area contributed by atoms with Crippen LogP contribution in [-0.2, 0) is 14.4 Å². The smallest absolute Gasteiger partial charge is 0.255 e. The molecule has 37 heteroatoms. The first-order valence-electron chi connectivity index (χ1n) is 24.8. The van der Waals surface area contributed by atoms with Crippen LogP contribution in [0.25, 0.3) is 0 Å². The number of rotatable bonds is 30. The first-order chi connectivity index (χ1) is 40.3. The molecule has 3 atom stereocenters. The normalized spacial score (nSPS) is 12.2. The summed E-state index contributed by atoms with van der Waals surface area (Å²) in [4.78, 5) is 130. The molecule has 0 heterocycles. The van der Waals surface area contributed by atoms with Gasteiger partial charge < -0.3 is 92.1 Å². The standard InChI is InChI=1S/C49H59I9N10O18/c1-64(46(83)28-32(50)26(44(81)59-11-20(75)14-69)35(53)41(37(28)55)61-23(78)17-72)5-8-68(9-6-65(2)47(84)29-33(51)27(45(82)60-12-21(76)15-70)36(54)42(38(29)56)62-24(79)18-73)10-7-66(3)48(85)30-34(52)31(49(86)67(4)13-22(77)16-71)40(58)43(39(30)57)63-25(80)19-74/h20-22,69-77H,5-19H2,1-4H3,(H,59,81)(H,60,82)(H,61,78)(H,62,79)(H,63,80). The first kappa shape index (κ1) is 79.3. The molecule has 0 aliphatic rings. The zero-order valence-corrected chi connectivity index (χ0v) is 65.1. The van der Waals surface area contributed by atoms with Crippen LogP contribution in [0.5, 0.6) is 0 Å². The molecule has 0 bridgehead atoms. The molecule has 0 aliphatic heterocycles. The summed E-state index contributed by atoms with van der Waals surface area (Å²) < 4.78 is 1.73. The van der Waals surface area contributed by atoms with E-state index in [0.717, 1.165) is 4.90 Å². The molecule has 14 N–H and O–H groups in total. The zero-order chi connectivity index (χ0) is 65.3. The van der Waals surface area contributed by atoms with E-state index in [1.807, 2.05) is 208 Å². The highest BCUT2D eigenvalue weighted by atomic mass is 127. The number of nitrogens with one attached hydrogen (secondary N) is 5. The van der Waals surface area contributed by atoms with Crippen molar-refractivity contribution in [3.05, 3.63) is 65.5 Å². The average molecular weight is 2220 g/mol. The lowest BCUT2D eigenvalue weighted by atomic mass is 10.1. The highest BCUT2D eigenvalue weighted by Crippen LogP contribution is 2.40. The van der Waals surface area contributed by atoms with Crippen LogP contribution in [-0.4, -0.2) is 269 Å². The second-order valence-corrected chi connectivity index (χ2v) is 28.2. The molecule has 0 saturated carbocycles. The largest absolute Gasteiger partial charge is 0.394 e. The van der Waals surface area contributed by atoms with Crippen LogP contribution in [0.1, 0.15) is 62.1 Å². The maximum absolute atomic E-state index is 14.8. The van der Waals surface area contributed by atoms with Crippen molar-refractivity contribution in [2.24, 2.45) is 0 Å². The Hall–Kier alpha value is -0.940. The van der Waals surface area contributed by atoms with Crippen molar-refractivity contribution in [3.63, 3.8) is 0 Å². The third-order valence-electron chi connectivity index (χ3n) is 12.2. The number of aliphatic hydroxyl groups is 9. The Morgan fingerprint density at radius 1 is 0.360 bits per heavy atom. The summed E-state index contributed by atoms with van der Waals surface area (Å²) in [5.41, 5.74) is -0.0484. The lowest BCUT2D eigenvalue weighted by Gasteiger charge is -2.30. The number of hydrogen-bond donors (Lipinski definition) is 14. The van der Waals surface area contributed by atoms with Crippen molar-refractivity contribution in [3.8, 4) is 0 Å². The fraction of sp³-hybridized carbons (Fsp3) is 0.449. The summed E-state index contributed by atoms with van der Waals surface area (Å²) in [6, 6.07) is 0. The van der Waals surface area contributed by atoms with Crippen LogP contribution >= 0.6 is 203 Å². The van der Waals surface area contributed by atoms with Gasteiger partial charge in [0.25, 0.3) is 35.4 Å². The molecule has 0 saturated heterocycles. The number of amides is 9. The topological polar surface area (TPSA) is 412 Å². The van der Waals surface area contributed by atoms with E-state index in [-0.39, 0.29) is 141 Å². The van der Waals surface area contributed by atoms with E-state index >= 15 is 0 Å². The molecule has 3 unspecified atom stereocenters. The fourth-order valence-electron chi connectivity index (χ4n) is 7.47. The van der Waals surface area contributed by atoms with Crippen molar-refractivity contribution < 1.29 is 89.1 Å². The molecule has 0 fully saturated rings. The SMILES string of the molecule is CN(CCN(CCN(C)C(=O)c1c(I)c(NC(=O)CO)c(I)c(C(=O)NCC(O)CO)c1I)CCN(C)C(=O)c1c(I)c(NC(=O)CO)c(I)c(C(=O)N(C)CC(O)CO)c1I)C(=O)c1c(I)c(NC(=O)CO)c(I)c(C(=O)NCC(O)CO)c1I. The van der Waals surface area contributed by atoms with E-state index in [2.05, 4.69) is 26.6 Å². The van der Waals surface area contributed by atoms with Gasteiger partial charge in [0.2, 0.25) is 17.7 Å². The Balaban J connectivity index is 2.21. The molecule has 0 aromatic heterocycles. The number of carbonyl (C=O) groups excluding carboxylic acids is 9. The van der Waals surface area contributed by atoms with Gasteiger partial charge in [0.1, 0.15) is 19.8 Å². The number of nitrogens with zero attached hydrogens (tertiary/aromatic N) is 5. The summed E-state index contributed by atoms with van der Waals surface area (Å²) in [5, 5.41) is 100. The van der Waals surface area contributed by atoms with Crippen LogP contribution in [0.4, 0.5) is 17.1 Å². The number of halogens is 9. The van der Waals surface area contributed by atoms with Gasteiger partial charge >= 0.3 is 0 Å². The second-order valence-electron chi connectivity index (χ2n) is 18.5. The van der Waals surface area contributed by atoms with E-state index in [1.54, 1.807) is 0 Å². The molecule has 0 radical (unpaired) electrons. The monoisotopic (exact) mass is 2220 g/mol. The van der Waals surface area contributed by atoms with E-state index in [0.29, 0.717) is 0 Å². The number of hydrogen-bond acceptors (Lipinski definition) is 19. The molecule has 3 aromatic rings. The molecular formula is C49H59I9N10O18. The molecule has 3 aromatic carbocycles. The van der Waals surface area contributed by atoms with Crippen molar-refractivity contribution in [1.82, 2.24) is 35.1 Å². The molecule has 28 nitrogen and oxygen atoms in total. The second kappa shape index (κ2) is 37.7. The number of likely N-dealkylation sites (N-methyl/N-ethyl adjacent to an activating group) is 4. The van der Waals surface area contributed by atoms with Gasteiger partial charge in [-0.3, -0.25) is 48.1 Å². The van der Waals surface area contributed by atoms with Gasteiger partial charge in [0, 0.05) is 97.8 Å². The fourth-order valence-corrected chi connectivity index (χ4v) is 20.6. The molecule has 3 rings (SSSR count). The van der Waals surface area contributed by atoms with Crippen molar-refractivity contribution in [1.29, 1.82) is 0 Å². The summed E-state index contributed by atoms with van der Waals surface area (Å²) in [6.45, 7) is -5.89. The Kier molecular flexibility index (Phi) is 34.7. The summed E-state index contributed by atoms with van der Waals surface area (Å²) in [6.07, 6.45) is -3.94. The summed E-state index contributed by atoms with van der Waals surface area (Å²) in [7, 11) is 5.80. The first-order valence-corrected chi connectivity index (χ1v) is 34.5. The third kappa shape index (κ3) is 20.8. The van der Waals surface area contributed by atoms with Crippen LogP contribution in [0.3, 0.4) is 0 Å². The quantitative estimate of drug-likeness (QED) is 0.0402. The average Bonchev–Trinajstić information content (AvgIpc) is 0.872. The number of benzene rings is 3. The maximum atomic E-state index is 14.8. The highest BCUT2D eigenvalue weighted by molar-refractivity contribution is 14.1. The molecule has 9 amide bonds. The molecule has 476 valence electrons. The Morgan fingerprint density at radius 3 is 0.860 bits per heavy atom. The molecule has 86 heavy (non-hydrogen) atoms. The van der Waals surface area contributed by atoms with Crippen LogP contribution in [0.15, 0.2) is 0 Å². The van der Waals surface area contributed by atoms with Crippen molar-refractivity contribution in [2.45, 2.75) is 18.3 Å². The maximum Gasteiger partial charge on any atom is 0.255 e. The predicted octanol–water partition coefficient (Wildman–Crippen LogP) is 0.430. The van der Waals surface area contributed by atoms with E-state index in [4.69, 9.17) is 0 Å². The molecule has 0 spiro atoms. The minimum atomic E-state index is -1.32. The number of anilines is 3. The van der Waals surface area contributed by atoms with Gasteiger partial charge in [0.05, 0.1) is 110 Å². The predicted molar refractivity (Wildman–Crippen MR) is 389 cm³/mol. The van der Waals surface area contributed by atoms with Crippen molar-refractivity contribution >= 4 is 274 Å². The van der Waals surface area contributed by atoms with Gasteiger partial charge in [-0.25, -0.2) is 0 Å². The number of carbonyl (C=O) groups is 9.